The summed E-state index contributed by atoms with van der Waals surface area (Å²) < 4.78 is 0. The van der Waals surface area contributed by atoms with Crippen molar-refractivity contribution in [1.82, 2.24) is 10.3 Å². The highest BCUT2D eigenvalue weighted by Crippen LogP contribution is 2.49. The van der Waals surface area contributed by atoms with E-state index in [2.05, 4.69) is 36.5 Å². The van der Waals surface area contributed by atoms with E-state index in [-0.39, 0.29) is 0 Å². The predicted molar refractivity (Wildman–Crippen MR) is 65.4 cm³/mol. The van der Waals surface area contributed by atoms with Crippen LogP contribution in [0.4, 0.5) is 0 Å². The highest BCUT2D eigenvalue weighted by Gasteiger charge is 2.44. The van der Waals surface area contributed by atoms with Gasteiger partial charge in [-0.2, -0.15) is 0 Å². The molecule has 1 aliphatic rings. The van der Waals surface area contributed by atoms with Crippen LogP contribution in [0.2, 0.25) is 0 Å². The summed E-state index contributed by atoms with van der Waals surface area (Å²) in [6.07, 6.45) is 3.84. The van der Waals surface area contributed by atoms with E-state index in [4.69, 9.17) is 0 Å². The van der Waals surface area contributed by atoms with Crippen LogP contribution in [0.15, 0.2) is 5.38 Å². The van der Waals surface area contributed by atoms with Gasteiger partial charge < -0.3 is 5.32 Å². The third-order valence-electron chi connectivity index (χ3n) is 3.38. The molecular weight excluding hydrogens is 204 g/mol. The number of hydrogen-bond acceptors (Lipinski definition) is 3. The van der Waals surface area contributed by atoms with Gasteiger partial charge in [-0.1, -0.05) is 13.8 Å². The zero-order chi connectivity index (χ0) is 10.9. The quantitative estimate of drug-likeness (QED) is 0.832. The number of aromatic nitrogens is 1. The zero-order valence-electron chi connectivity index (χ0n) is 9.84. The topological polar surface area (TPSA) is 24.9 Å². The van der Waals surface area contributed by atoms with E-state index >= 15 is 0 Å². The first-order valence-corrected chi connectivity index (χ1v) is 6.66. The Bertz CT molecular complexity index is 328. The molecule has 0 bridgehead atoms. The molecule has 1 aliphatic carbocycles. The number of rotatable bonds is 5. The molecule has 2 nitrogen and oxygen atoms in total. The van der Waals surface area contributed by atoms with Crippen LogP contribution in [0.5, 0.6) is 0 Å². The van der Waals surface area contributed by atoms with Gasteiger partial charge in [-0.3, -0.25) is 0 Å². The maximum atomic E-state index is 4.55. The van der Waals surface area contributed by atoms with Crippen LogP contribution in [0.1, 0.15) is 37.4 Å². The Hall–Kier alpha value is -0.410. The molecule has 3 heteroatoms. The van der Waals surface area contributed by atoms with Gasteiger partial charge in [-0.25, -0.2) is 4.98 Å². The molecule has 1 unspecified atom stereocenters. The van der Waals surface area contributed by atoms with Crippen LogP contribution in [0.3, 0.4) is 0 Å². The van der Waals surface area contributed by atoms with Crippen molar-refractivity contribution in [2.45, 2.75) is 46.1 Å². The van der Waals surface area contributed by atoms with Crippen LogP contribution >= 0.6 is 11.3 Å². The van der Waals surface area contributed by atoms with E-state index in [9.17, 15) is 0 Å². The first kappa shape index (κ1) is 11.1. The average Bonchev–Trinajstić information content (AvgIpc) is 2.81. The lowest BCUT2D eigenvalue weighted by atomic mass is 9.96. The van der Waals surface area contributed by atoms with Gasteiger partial charge in [0.25, 0.3) is 0 Å². The number of aryl methyl sites for hydroxylation is 1. The normalized spacial score (nSPS) is 20.2. The van der Waals surface area contributed by atoms with Crippen molar-refractivity contribution in [2.24, 2.45) is 5.41 Å². The highest BCUT2D eigenvalue weighted by molar-refractivity contribution is 7.09. The van der Waals surface area contributed by atoms with Gasteiger partial charge in [0.05, 0.1) is 5.01 Å². The Morgan fingerprint density at radius 2 is 2.33 bits per heavy atom. The molecule has 1 heterocycles. The van der Waals surface area contributed by atoms with Gasteiger partial charge in [0.1, 0.15) is 0 Å². The molecule has 0 spiro atoms. The minimum Gasteiger partial charge on any atom is -0.313 e. The molecule has 0 aliphatic heterocycles. The summed E-state index contributed by atoms with van der Waals surface area (Å²) in [6, 6.07) is 0.619. The molecule has 2 rings (SSSR count). The largest absolute Gasteiger partial charge is 0.313 e. The molecule has 1 saturated carbocycles. The first-order valence-electron chi connectivity index (χ1n) is 5.78. The fourth-order valence-electron chi connectivity index (χ4n) is 2.03. The third-order valence-corrected chi connectivity index (χ3v) is 4.36. The average molecular weight is 224 g/mol. The molecule has 0 amide bonds. The third kappa shape index (κ3) is 2.58. The predicted octanol–water partition coefficient (Wildman–Crippen LogP) is 2.77. The van der Waals surface area contributed by atoms with Crippen LogP contribution in [-0.4, -0.2) is 17.6 Å². The summed E-state index contributed by atoms with van der Waals surface area (Å²) in [6.45, 7) is 7.71. The molecular formula is C12H20N2S. The van der Waals surface area contributed by atoms with Crippen LogP contribution in [-0.2, 0) is 6.42 Å². The molecule has 84 valence electrons. The van der Waals surface area contributed by atoms with Crippen molar-refractivity contribution < 1.29 is 0 Å². The molecule has 1 atom stereocenters. The molecule has 0 aromatic carbocycles. The van der Waals surface area contributed by atoms with Crippen LogP contribution in [0.25, 0.3) is 0 Å². The maximum Gasteiger partial charge on any atom is 0.0943 e. The van der Waals surface area contributed by atoms with Crippen molar-refractivity contribution in [3.05, 3.63) is 16.1 Å². The van der Waals surface area contributed by atoms with Gasteiger partial charge in [0, 0.05) is 23.5 Å². The monoisotopic (exact) mass is 224 g/mol. The highest BCUT2D eigenvalue weighted by atomic mass is 32.1. The number of thiazole rings is 1. The lowest BCUT2D eigenvalue weighted by Crippen LogP contribution is -2.37. The number of nitrogens with one attached hydrogen (secondary N) is 1. The van der Waals surface area contributed by atoms with Crippen LogP contribution in [0, 0.1) is 12.3 Å². The second-order valence-electron chi connectivity index (χ2n) is 4.85. The smallest absolute Gasteiger partial charge is 0.0943 e. The fourth-order valence-corrected chi connectivity index (χ4v) is 2.85. The summed E-state index contributed by atoms with van der Waals surface area (Å²) >= 11 is 1.80. The van der Waals surface area contributed by atoms with E-state index < -0.39 is 0 Å². The van der Waals surface area contributed by atoms with Gasteiger partial charge in [-0.05, 0) is 31.7 Å². The molecule has 1 fully saturated rings. The maximum absolute atomic E-state index is 4.55. The van der Waals surface area contributed by atoms with Crippen LogP contribution < -0.4 is 5.32 Å². The Morgan fingerprint density at radius 1 is 1.60 bits per heavy atom. The molecule has 1 N–H and O–H groups in total. The minimum atomic E-state index is 0.537. The van der Waals surface area contributed by atoms with E-state index in [0.717, 1.165) is 18.7 Å². The van der Waals surface area contributed by atoms with Gasteiger partial charge in [0.15, 0.2) is 0 Å². The lowest BCUT2D eigenvalue weighted by molar-refractivity contribution is 0.360. The second kappa shape index (κ2) is 4.22. The van der Waals surface area contributed by atoms with Gasteiger partial charge >= 0.3 is 0 Å². The van der Waals surface area contributed by atoms with E-state index in [1.807, 2.05) is 0 Å². The van der Waals surface area contributed by atoms with Gasteiger partial charge in [-0.15, -0.1) is 11.3 Å². The SMILES string of the molecule is CCNC(Cc1nc(C)cs1)C1(C)CC1. The zero-order valence-corrected chi connectivity index (χ0v) is 10.7. The summed E-state index contributed by atoms with van der Waals surface area (Å²) in [5.41, 5.74) is 1.70. The van der Waals surface area contributed by atoms with Crippen molar-refractivity contribution >= 4 is 11.3 Å². The summed E-state index contributed by atoms with van der Waals surface area (Å²) in [7, 11) is 0. The number of likely N-dealkylation sites (N-methyl/N-ethyl adjacent to an activating group) is 1. The first-order chi connectivity index (χ1) is 7.14. The van der Waals surface area contributed by atoms with Crippen molar-refractivity contribution in [3.8, 4) is 0 Å². The molecule has 0 radical (unpaired) electrons. The summed E-state index contributed by atoms with van der Waals surface area (Å²) in [5, 5.41) is 7.04. The lowest BCUT2D eigenvalue weighted by Gasteiger charge is -2.23. The van der Waals surface area contributed by atoms with E-state index in [0.29, 0.717) is 11.5 Å². The van der Waals surface area contributed by atoms with E-state index in [1.165, 1.54) is 17.8 Å². The Morgan fingerprint density at radius 3 is 2.80 bits per heavy atom. The molecule has 1 aromatic heterocycles. The summed E-state index contributed by atoms with van der Waals surface area (Å²) in [5.74, 6) is 0. The Balaban J connectivity index is 2.00. The van der Waals surface area contributed by atoms with Crippen molar-refractivity contribution in [3.63, 3.8) is 0 Å². The second-order valence-corrected chi connectivity index (χ2v) is 5.79. The van der Waals surface area contributed by atoms with Crippen molar-refractivity contribution in [2.75, 3.05) is 6.54 Å². The molecule has 15 heavy (non-hydrogen) atoms. The van der Waals surface area contributed by atoms with E-state index in [1.54, 1.807) is 11.3 Å². The molecule has 1 aromatic rings. The minimum absolute atomic E-state index is 0.537. The van der Waals surface area contributed by atoms with Crippen molar-refractivity contribution in [1.29, 1.82) is 0 Å². The van der Waals surface area contributed by atoms with Gasteiger partial charge in [0.2, 0.25) is 0 Å². The Labute approximate surface area is 96.1 Å². The fraction of sp³-hybridized carbons (Fsp3) is 0.750. The number of nitrogens with zero attached hydrogens (tertiary/aromatic N) is 1. The summed E-state index contributed by atoms with van der Waals surface area (Å²) in [4.78, 5) is 4.55. The Kier molecular flexibility index (Phi) is 3.12. The number of hydrogen-bond donors (Lipinski definition) is 1. The standard InChI is InChI=1S/C12H20N2S/c1-4-13-10(12(3)5-6-12)7-11-14-9(2)8-15-11/h8,10,13H,4-7H2,1-3H3. The molecule has 0 saturated heterocycles.